The minimum atomic E-state index is 0.419. The van der Waals surface area contributed by atoms with Crippen molar-refractivity contribution in [3.63, 3.8) is 0 Å². The van der Waals surface area contributed by atoms with Crippen molar-refractivity contribution in [2.24, 2.45) is 0 Å². The van der Waals surface area contributed by atoms with Crippen molar-refractivity contribution in [3.8, 4) is 0 Å². The molecule has 2 aromatic rings. The highest BCUT2D eigenvalue weighted by Gasteiger charge is 2.30. The van der Waals surface area contributed by atoms with Crippen LogP contribution in [-0.2, 0) is 17.9 Å². The largest absolute Gasteiger partial charge is 0.381 e. The van der Waals surface area contributed by atoms with Gasteiger partial charge in [-0.25, -0.2) is 4.68 Å². The standard InChI is InChI=1S/C11H15N5O2/c1-17-6-9-4-8(14-18-9)5-16-10(7-2-3-7)11(12)13-15-16/h4,7H,2-3,5-6,12H2,1H3. The van der Waals surface area contributed by atoms with Crippen molar-refractivity contribution >= 4 is 5.82 Å². The second-order valence-corrected chi connectivity index (χ2v) is 4.51. The highest BCUT2D eigenvalue weighted by atomic mass is 16.5. The lowest BCUT2D eigenvalue weighted by atomic mass is 10.3. The van der Waals surface area contributed by atoms with Gasteiger partial charge in [0.25, 0.3) is 0 Å². The van der Waals surface area contributed by atoms with Crippen molar-refractivity contribution in [3.05, 3.63) is 23.2 Å². The van der Waals surface area contributed by atoms with Gasteiger partial charge in [0.2, 0.25) is 0 Å². The second-order valence-electron chi connectivity index (χ2n) is 4.51. The van der Waals surface area contributed by atoms with E-state index in [1.807, 2.05) is 6.07 Å². The molecule has 0 atom stereocenters. The zero-order valence-corrected chi connectivity index (χ0v) is 10.2. The number of ether oxygens (including phenoxy) is 1. The molecule has 0 saturated heterocycles. The van der Waals surface area contributed by atoms with E-state index in [9.17, 15) is 0 Å². The monoisotopic (exact) mass is 249 g/mol. The van der Waals surface area contributed by atoms with Gasteiger partial charge < -0.3 is 15.0 Å². The zero-order chi connectivity index (χ0) is 12.5. The molecule has 0 aromatic carbocycles. The molecule has 7 nitrogen and oxygen atoms in total. The lowest BCUT2D eigenvalue weighted by Gasteiger charge is -2.02. The molecule has 7 heteroatoms. The molecule has 2 N–H and O–H groups in total. The molecule has 3 rings (SSSR count). The van der Waals surface area contributed by atoms with Crippen molar-refractivity contribution in [1.82, 2.24) is 20.2 Å². The number of nitrogen functional groups attached to an aromatic ring is 1. The first-order valence-corrected chi connectivity index (χ1v) is 5.90. The first kappa shape index (κ1) is 11.2. The van der Waals surface area contributed by atoms with E-state index >= 15 is 0 Å². The van der Waals surface area contributed by atoms with E-state index in [0.717, 1.165) is 24.2 Å². The Balaban J connectivity index is 1.78. The van der Waals surface area contributed by atoms with Crippen LogP contribution in [0.2, 0.25) is 0 Å². The molecule has 1 saturated carbocycles. The number of rotatable bonds is 5. The molecule has 2 heterocycles. The Hall–Kier alpha value is -1.89. The third-order valence-corrected chi connectivity index (χ3v) is 2.97. The van der Waals surface area contributed by atoms with Crippen molar-refractivity contribution in [1.29, 1.82) is 0 Å². The third kappa shape index (κ3) is 2.08. The van der Waals surface area contributed by atoms with Gasteiger partial charge in [-0.05, 0) is 12.8 Å². The zero-order valence-electron chi connectivity index (χ0n) is 10.2. The fourth-order valence-corrected chi connectivity index (χ4v) is 2.02. The smallest absolute Gasteiger partial charge is 0.169 e. The van der Waals surface area contributed by atoms with Crippen LogP contribution in [0.15, 0.2) is 10.6 Å². The molecule has 1 aliphatic rings. The van der Waals surface area contributed by atoms with Gasteiger partial charge in [-0.2, -0.15) is 0 Å². The topological polar surface area (TPSA) is 92.0 Å². The Bertz CT molecular complexity index is 543. The first-order chi connectivity index (χ1) is 8.78. The van der Waals surface area contributed by atoms with E-state index in [2.05, 4.69) is 15.5 Å². The number of hydrogen-bond acceptors (Lipinski definition) is 6. The SMILES string of the molecule is COCc1cc(Cn2nnc(N)c2C2CC2)no1. The van der Waals surface area contributed by atoms with Gasteiger partial charge in [0.05, 0.1) is 12.2 Å². The van der Waals surface area contributed by atoms with Crippen LogP contribution in [0.5, 0.6) is 0 Å². The van der Waals surface area contributed by atoms with E-state index in [4.69, 9.17) is 15.0 Å². The van der Waals surface area contributed by atoms with Gasteiger partial charge in [-0.1, -0.05) is 10.4 Å². The van der Waals surface area contributed by atoms with Crippen LogP contribution >= 0.6 is 0 Å². The van der Waals surface area contributed by atoms with E-state index in [-0.39, 0.29) is 0 Å². The number of anilines is 1. The Labute approximate surface area is 104 Å². The summed E-state index contributed by atoms with van der Waals surface area (Å²) in [5, 5.41) is 12.0. The van der Waals surface area contributed by atoms with Gasteiger partial charge in [-0.3, -0.25) is 0 Å². The van der Waals surface area contributed by atoms with E-state index in [0.29, 0.717) is 30.6 Å². The van der Waals surface area contributed by atoms with Crippen molar-refractivity contribution in [2.45, 2.75) is 31.9 Å². The highest BCUT2D eigenvalue weighted by molar-refractivity contribution is 5.38. The molecule has 0 aliphatic heterocycles. The van der Waals surface area contributed by atoms with Gasteiger partial charge in [-0.15, -0.1) is 5.10 Å². The quantitative estimate of drug-likeness (QED) is 0.847. The summed E-state index contributed by atoms with van der Waals surface area (Å²) in [5.41, 5.74) is 7.65. The summed E-state index contributed by atoms with van der Waals surface area (Å²) in [5.74, 6) is 1.73. The molecular weight excluding hydrogens is 234 g/mol. The van der Waals surface area contributed by atoms with Crippen LogP contribution in [0.3, 0.4) is 0 Å². The van der Waals surface area contributed by atoms with Crippen LogP contribution in [0, 0.1) is 0 Å². The summed E-state index contributed by atoms with van der Waals surface area (Å²) in [4.78, 5) is 0. The fraction of sp³-hybridized carbons (Fsp3) is 0.545. The summed E-state index contributed by atoms with van der Waals surface area (Å²) in [6.07, 6.45) is 2.32. The minimum absolute atomic E-state index is 0.419. The maximum absolute atomic E-state index is 5.83. The lowest BCUT2D eigenvalue weighted by Crippen LogP contribution is -2.06. The van der Waals surface area contributed by atoms with E-state index in [1.165, 1.54) is 0 Å². The highest BCUT2D eigenvalue weighted by Crippen LogP contribution is 2.42. The average molecular weight is 249 g/mol. The molecule has 0 amide bonds. The number of hydrogen-bond donors (Lipinski definition) is 1. The third-order valence-electron chi connectivity index (χ3n) is 2.97. The summed E-state index contributed by atoms with van der Waals surface area (Å²) < 4.78 is 11.9. The van der Waals surface area contributed by atoms with Gasteiger partial charge in [0.15, 0.2) is 11.6 Å². The Morgan fingerprint density at radius 3 is 3.11 bits per heavy atom. The van der Waals surface area contributed by atoms with Gasteiger partial charge in [0, 0.05) is 19.1 Å². The molecule has 0 unspecified atom stereocenters. The molecular formula is C11H15N5O2. The van der Waals surface area contributed by atoms with Crippen LogP contribution < -0.4 is 5.73 Å². The van der Waals surface area contributed by atoms with Gasteiger partial charge in [0.1, 0.15) is 12.3 Å². The molecule has 96 valence electrons. The first-order valence-electron chi connectivity index (χ1n) is 5.90. The summed E-state index contributed by atoms with van der Waals surface area (Å²) in [6, 6.07) is 1.86. The minimum Gasteiger partial charge on any atom is -0.381 e. The van der Waals surface area contributed by atoms with E-state index in [1.54, 1.807) is 11.8 Å². The predicted octanol–water partition coefficient (Wildman–Crippen LogP) is 0.920. The van der Waals surface area contributed by atoms with Crippen molar-refractivity contribution in [2.75, 3.05) is 12.8 Å². The number of aromatic nitrogens is 4. The number of nitrogens with zero attached hydrogens (tertiary/aromatic N) is 4. The molecule has 0 bridgehead atoms. The molecule has 0 spiro atoms. The Kier molecular flexibility index (Phi) is 2.75. The summed E-state index contributed by atoms with van der Waals surface area (Å²) >= 11 is 0. The van der Waals surface area contributed by atoms with Crippen molar-refractivity contribution < 1.29 is 9.26 Å². The summed E-state index contributed by atoms with van der Waals surface area (Å²) in [7, 11) is 1.62. The summed E-state index contributed by atoms with van der Waals surface area (Å²) in [6.45, 7) is 0.950. The number of nitrogens with two attached hydrogens (primary N) is 1. The maximum Gasteiger partial charge on any atom is 0.169 e. The van der Waals surface area contributed by atoms with E-state index < -0.39 is 0 Å². The van der Waals surface area contributed by atoms with Gasteiger partial charge >= 0.3 is 0 Å². The molecule has 1 aliphatic carbocycles. The molecule has 2 aromatic heterocycles. The fourth-order valence-electron chi connectivity index (χ4n) is 2.02. The van der Waals surface area contributed by atoms with Crippen LogP contribution in [0.4, 0.5) is 5.82 Å². The second kappa shape index (κ2) is 4.41. The van der Waals surface area contributed by atoms with Crippen LogP contribution in [0.25, 0.3) is 0 Å². The molecule has 18 heavy (non-hydrogen) atoms. The van der Waals surface area contributed by atoms with Crippen LogP contribution in [0.1, 0.15) is 35.9 Å². The molecule has 0 radical (unpaired) electrons. The lowest BCUT2D eigenvalue weighted by molar-refractivity contribution is 0.155. The molecule has 1 fully saturated rings. The van der Waals surface area contributed by atoms with Crippen LogP contribution in [-0.4, -0.2) is 27.3 Å². The Morgan fingerprint density at radius 1 is 1.56 bits per heavy atom. The predicted molar refractivity (Wildman–Crippen MR) is 62.7 cm³/mol. The number of methoxy groups -OCH3 is 1. The Morgan fingerprint density at radius 2 is 2.39 bits per heavy atom. The maximum atomic E-state index is 5.83. The normalized spacial score (nSPS) is 15.2. The average Bonchev–Trinajstić information content (AvgIpc) is 2.98.